The van der Waals surface area contributed by atoms with Crippen LogP contribution in [0.3, 0.4) is 0 Å². The van der Waals surface area contributed by atoms with Crippen LogP contribution < -0.4 is 14.4 Å². The molecule has 4 rings (SSSR count). The average molecular weight is 400 g/mol. The lowest BCUT2D eigenvalue weighted by atomic mass is 10.0. The van der Waals surface area contributed by atoms with Gasteiger partial charge in [-0.1, -0.05) is 0 Å². The lowest BCUT2D eigenvalue weighted by molar-refractivity contribution is -0.286. The van der Waals surface area contributed by atoms with Gasteiger partial charge in [-0.25, -0.2) is 9.78 Å². The molecule has 6 nitrogen and oxygen atoms in total. The molecule has 0 unspecified atom stereocenters. The maximum absolute atomic E-state index is 13.4. The van der Waals surface area contributed by atoms with Crippen LogP contribution in [0.5, 0.6) is 11.5 Å². The van der Waals surface area contributed by atoms with Crippen LogP contribution in [0, 0.1) is 0 Å². The summed E-state index contributed by atoms with van der Waals surface area (Å²) in [6.07, 6.45) is -3.69. The number of alkyl halides is 2. The molecule has 2 heterocycles. The summed E-state index contributed by atoms with van der Waals surface area (Å²) in [5.74, 6) is -1.12. The number of aromatic carboxylic acids is 1. The van der Waals surface area contributed by atoms with E-state index in [1.54, 1.807) is 18.2 Å². The number of benzene rings is 2. The molecule has 3 aromatic rings. The Labute approximate surface area is 165 Å². The molecule has 0 saturated carbocycles. The molecule has 0 saturated heterocycles. The van der Waals surface area contributed by atoms with Gasteiger partial charge in [-0.2, -0.15) is 0 Å². The topological polar surface area (TPSA) is 71.9 Å². The van der Waals surface area contributed by atoms with Crippen LogP contribution in [0.2, 0.25) is 0 Å². The number of carbonyl (C=O) groups is 1. The summed E-state index contributed by atoms with van der Waals surface area (Å²) < 4.78 is 35.8. The maximum atomic E-state index is 13.4. The summed E-state index contributed by atoms with van der Waals surface area (Å²) in [5.41, 5.74) is 2.64. The summed E-state index contributed by atoms with van der Waals surface area (Å²) in [7, 11) is 1.89. The third kappa shape index (κ3) is 3.41. The minimum atomic E-state index is -3.69. The first-order valence-corrected chi connectivity index (χ1v) is 8.96. The fourth-order valence-electron chi connectivity index (χ4n) is 3.15. The summed E-state index contributed by atoms with van der Waals surface area (Å²) in [6, 6.07) is 11.2. The monoisotopic (exact) mass is 400 g/mol. The normalized spacial score (nSPS) is 14.4. The van der Waals surface area contributed by atoms with Gasteiger partial charge in [0.2, 0.25) is 0 Å². The Morgan fingerprint density at radius 1 is 1.10 bits per heavy atom. The number of hydrogen-bond acceptors (Lipinski definition) is 5. The largest absolute Gasteiger partial charge is 0.586 e. The molecule has 0 radical (unpaired) electrons. The van der Waals surface area contributed by atoms with Crippen LogP contribution >= 0.6 is 0 Å². The SMILES string of the molecule is CC(C)N(C)c1cc2cc(C(=O)O)ccc2nc1-c1ccc2c(c1)OC(F)(F)O2. The number of carboxylic acids is 1. The Bertz CT molecular complexity index is 1130. The third-order valence-corrected chi connectivity index (χ3v) is 4.87. The van der Waals surface area contributed by atoms with Crippen molar-refractivity contribution in [2.24, 2.45) is 0 Å². The molecule has 0 amide bonds. The summed E-state index contributed by atoms with van der Waals surface area (Å²) in [6.45, 7) is 4.00. The summed E-state index contributed by atoms with van der Waals surface area (Å²) >= 11 is 0. The Morgan fingerprint density at radius 3 is 2.52 bits per heavy atom. The zero-order chi connectivity index (χ0) is 20.9. The van der Waals surface area contributed by atoms with Gasteiger partial charge in [-0.05, 0) is 56.3 Å². The van der Waals surface area contributed by atoms with Gasteiger partial charge in [-0.3, -0.25) is 0 Å². The number of carboxylic acid groups (broad SMARTS) is 1. The van der Waals surface area contributed by atoms with E-state index in [0.717, 1.165) is 5.69 Å². The molecule has 0 bridgehead atoms. The van der Waals surface area contributed by atoms with E-state index < -0.39 is 12.3 Å². The van der Waals surface area contributed by atoms with E-state index in [4.69, 9.17) is 4.98 Å². The molecule has 1 aromatic heterocycles. The number of nitrogens with zero attached hydrogens (tertiary/aromatic N) is 2. The number of fused-ring (bicyclic) bond motifs is 2. The lowest BCUT2D eigenvalue weighted by Crippen LogP contribution is -2.26. The predicted molar refractivity (Wildman–Crippen MR) is 104 cm³/mol. The van der Waals surface area contributed by atoms with Crippen LogP contribution in [0.25, 0.3) is 22.2 Å². The van der Waals surface area contributed by atoms with Gasteiger partial charge < -0.3 is 19.5 Å². The van der Waals surface area contributed by atoms with E-state index in [-0.39, 0.29) is 23.1 Å². The molecule has 0 fully saturated rings. The number of hydrogen-bond donors (Lipinski definition) is 1. The van der Waals surface area contributed by atoms with Gasteiger partial charge in [0.1, 0.15) is 0 Å². The van der Waals surface area contributed by atoms with E-state index in [0.29, 0.717) is 22.2 Å². The van der Waals surface area contributed by atoms with Crippen LogP contribution in [-0.4, -0.2) is 35.4 Å². The number of ether oxygens (including phenoxy) is 2. The lowest BCUT2D eigenvalue weighted by Gasteiger charge is -2.26. The van der Waals surface area contributed by atoms with Gasteiger partial charge >= 0.3 is 12.3 Å². The molecule has 1 N–H and O–H groups in total. The molecule has 29 heavy (non-hydrogen) atoms. The molecule has 0 atom stereocenters. The van der Waals surface area contributed by atoms with Crippen molar-refractivity contribution in [3.8, 4) is 22.8 Å². The number of pyridine rings is 1. The molecule has 0 spiro atoms. The zero-order valence-electron chi connectivity index (χ0n) is 15.9. The van der Waals surface area contributed by atoms with Crippen LogP contribution in [0.1, 0.15) is 24.2 Å². The molecular weight excluding hydrogens is 382 g/mol. The standard InChI is InChI=1S/C21H18F2N2O4/c1-11(2)25(3)16-9-14-8-13(20(26)27)4-6-15(14)24-19(16)12-5-7-17-18(10-12)29-21(22,23)28-17/h4-11H,1-3H3,(H,26,27). The first-order valence-electron chi connectivity index (χ1n) is 8.96. The smallest absolute Gasteiger partial charge is 0.478 e. The Kier molecular flexibility index (Phi) is 4.29. The van der Waals surface area contributed by atoms with E-state index in [9.17, 15) is 18.7 Å². The fraction of sp³-hybridized carbons (Fsp3) is 0.238. The highest BCUT2D eigenvalue weighted by atomic mass is 19.3. The highest BCUT2D eigenvalue weighted by Crippen LogP contribution is 2.44. The van der Waals surface area contributed by atoms with Crippen molar-refractivity contribution in [3.05, 3.63) is 48.0 Å². The van der Waals surface area contributed by atoms with E-state index in [2.05, 4.69) is 9.47 Å². The number of aromatic nitrogens is 1. The fourth-order valence-corrected chi connectivity index (χ4v) is 3.15. The minimum Gasteiger partial charge on any atom is -0.478 e. The van der Waals surface area contributed by atoms with E-state index in [1.807, 2.05) is 31.9 Å². The second-order valence-electron chi connectivity index (χ2n) is 7.10. The van der Waals surface area contributed by atoms with Gasteiger partial charge in [0.05, 0.1) is 22.5 Å². The summed E-state index contributed by atoms with van der Waals surface area (Å²) in [4.78, 5) is 18.0. The predicted octanol–water partition coefficient (Wildman–Crippen LogP) is 4.77. The Hall–Kier alpha value is -3.42. The van der Waals surface area contributed by atoms with Crippen molar-refractivity contribution in [1.82, 2.24) is 4.98 Å². The van der Waals surface area contributed by atoms with Crippen LogP contribution in [0.4, 0.5) is 14.5 Å². The van der Waals surface area contributed by atoms with Crippen LogP contribution in [0.15, 0.2) is 42.5 Å². The van der Waals surface area contributed by atoms with Crippen molar-refractivity contribution in [2.75, 3.05) is 11.9 Å². The molecule has 150 valence electrons. The Balaban J connectivity index is 1.90. The average Bonchev–Trinajstić information content (AvgIpc) is 2.98. The zero-order valence-corrected chi connectivity index (χ0v) is 15.9. The number of rotatable bonds is 4. The maximum Gasteiger partial charge on any atom is 0.586 e. The van der Waals surface area contributed by atoms with E-state index >= 15 is 0 Å². The van der Waals surface area contributed by atoms with E-state index in [1.165, 1.54) is 18.2 Å². The molecule has 8 heteroatoms. The molecule has 2 aromatic carbocycles. The van der Waals surface area contributed by atoms with Gasteiger partial charge in [0.15, 0.2) is 11.5 Å². The van der Waals surface area contributed by atoms with Crippen molar-refractivity contribution in [1.29, 1.82) is 0 Å². The molecule has 1 aliphatic rings. The number of halogens is 2. The highest BCUT2D eigenvalue weighted by Gasteiger charge is 2.43. The first-order chi connectivity index (χ1) is 13.6. The minimum absolute atomic E-state index is 0.0376. The highest BCUT2D eigenvalue weighted by molar-refractivity contribution is 5.96. The second-order valence-corrected chi connectivity index (χ2v) is 7.10. The van der Waals surface area contributed by atoms with Crippen molar-refractivity contribution in [3.63, 3.8) is 0 Å². The van der Waals surface area contributed by atoms with Crippen molar-refractivity contribution < 1.29 is 28.2 Å². The van der Waals surface area contributed by atoms with Crippen molar-refractivity contribution in [2.45, 2.75) is 26.2 Å². The van der Waals surface area contributed by atoms with Gasteiger partial charge in [0, 0.05) is 24.0 Å². The molecule has 1 aliphatic heterocycles. The molecule has 0 aliphatic carbocycles. The van der Waals surface area contributed by atoms with Crippen LogP contribution in [-0.2, 0) is 0 Å². The molecular formula is C21H18F2N2O4. The quantitative estimate of drug-likeness (QED) is 0.681. The van der Waals surface area contributed by atoms with Gasteiger partial charge in [-0.15, -0.1) is 8.78 Å². The third-order valence-electron chi connectivity index (χ3n) is 4.87. The summed E-state index contributed by atoms with van der Waals surface area (Å²) in [5, 5.41) is 9.93. The second kappa shape index (κ2) is 6.58. The first kappa shape index (κ1) is 18.9. The Morgan fingerprint density at radius 2 is 1.83 bits per heavy atom. The van der Waals surface area contributed by atoms with Gasteiger partial charge in [0.25, 0.3) is 0 Å². The van der Waals surface area contributed by atoms with Crippen molar-refractivity contribution >= 4 is 22.6 Å². The number of anilines is 1.